The number of esters is 1. The molecule has 1 fully saturated rings. The van der Waals surface area contributed by atoms with Crippen molar-refractivity contribution < 1.29 is 9.53 Å². The van der Waals surface area contributed by atoms with Crippen molar-refractivity contribution in [3.05, 3.63) is 35.9 Å². The van der Waals surface area contributed by atoms with E-state index in [1.165, 1.54) is 5.56 Å². The second kappa shape index (κ2) is 5.36. The van der Waals surface area contributed by atoms with Gasteiger partial charge in [0, 0.05) is 5.92 Å². The van der Waals surface area contributed by atoms with Crippen molar-refractivity contribution in [2.75, 3.05) is 0 Å². The fraction of sp³-hybridized carbons (Fsp3) is 0.588. The van der Waals surface area contributed by atoms with Crippen LogP contribution in [0.15, 0.2) is 30.3 Å². The minimum atomic E-state index is -0.393. The van der Waals surface area contributed by atoms with Crippen molar-refractivity contribution in [1.82, 2.24) is 0 Å². The second-order valence-corrected chi connectivity index (χ2v) is 6.48. The van der Waals surface area contributed by atoms with E-state index < -0.39 is 5.60 Å². The minimum Gasteiger partial charge on any atom is -0.460 e. The fourth-order valence-corrected chi connectivity index (χ4v) is 2.97. The molecule has 0 N–H and O–H groups in total. The van der Waals surface area contributed by atoms with Crippen LogP contribution < -0.4 is 0 Å². The van der Waals surface area contributed by atoms with E-state index in [1.807, 2.05) is 39.0 Å². The number of carbonyl (C=O) groups excluding carboxylic acids is 1. The van der Waals surface area contributed by atoms with Crippen LogP contribution in [-0.2, 0) is 9.53 Å². The second-order valence-electron chi connectivity index (χ2n) is 6.48. The molecule has 2 rings (SSSR count). The smallest absolute Gasteiger partial charge is 0.310 e. The highest BCUT2D eigenvalue weighted by molar-refractivity contribution is 5.75. The fourth-order valence-electron chi connectivity index (χ4n) is 2.97. The molecule has 104 valence electrons. The molecule has 0 bridgehead atoms. The molecule has 0 saturated heterocycles. The number of ether oxygens (including phenoxy) is 1. The highest BCUT2D eigenvalue weighted by Crippen LogP contribution is 2.50. The van der Waals surface area contributed by atoms with Crippen LogP contribution in [0.1, 0.15) is 52.0 Å². The summed E-state index contributed by atoms with van der Waals surface area (Å²) in [7, 11) is 0. The standard InChI is InChI=1S/C17H24O2/c1-5-12-11-14(16(18)19-17(2,3)4)15(12)13-9-7-6-8-10-13/h6-10,12,14-15H,5,11H2,1-4H3/t12-,14+,15-/m0/s1. The molecule has 0 aliphatic heterocycles. The van der Waals surface area contributed by atoms with Crippen LogP contribution in [0.5, 0.6) is 0 Å². The number of carbonyl (C=O) groups is 1. The van der Waals surface area contributed by atoms with Crippen LogP contribution in [0.4, 0.5) is 0 Å². The summed E-state index contributed by atoms with van der Waals surface area (Å²) in [5.41, 5.74) is 0.881. The first-order chi connectivity index (χ1) is 8.92. The summed E-state index contributed by atoms with van der Waals surface area (Å²) in [6, 6.07) is 10.4. The Morgan fingerprint density at radius 2 is 1.89 bits per heavy atom. The molecule has 0 unspecified atom stereocenters. The predicted molar refractivity (Wildman–Crippen MR) is 76.9 cm³/mol. The molecule has 1 saturated carbocycles. The molecule has 0 heterocycles. The Bertz CT molecular complexity index is 430. The molecule has 2 nitrogen and oxygen atoms in total. The summed E-state index contributed by atoms with van der Waals surface area (Å²) < 4.78 is 5.55. The number of hydrogen-bond acceptors (Lipinski definition) is 2. The molecule has 0 aromatic heterocycles. The third kappa shape index (κ3) is 3.17. The average Bonchev–Trinajstić information content (AvgIpc) is 2.27. The third-order valence-electron chi connectivity index (χ3n) is 3.92. The van der Waals surface area contributed by atoms with Gasteiger partial charge in [-0.15, -0.1) is 0 Å². The molecule has 0 amide bonds. The molecule has 19 heavy (non-hydrogen) atoms. The van der Waals surface area contributed by atoms with Crippen molar-refractivity contribution >= 4 is 5.97 Å². The average molecular weight is 260 g/mol. The van der Waals surface area contributed by atoms with Gasteiger partial charge in [0.25, 0.3) is 0 Å². The lowest BCUT2D eigenvalue weighted by Gasteiger charge is -2.44. The molecule has 1 aromatic carbocycles. The molecular formula is C17H24O2. The van der Waals surface area contributed by atoms with E-state index in [0.717, 1.165) is 12.8 Å². The van der Waals surface area contributed by atoms with Crippen LogP contribution in [0, 0.1) is 11.8 Å². The summed E-state index contributed by atoms with van der Waals surface area (Å²) in [5, 5.41) is 0. The van der Waals surface area contributed by atoms with Crippen LogP contribution in [0.2, 0.25) is 0 Å². The number of hydrogen-bond donors (Lipinski definition) is 0. The summed E-state index contributed by atoms with van der Waals surface area (Å²) in [5.74, 6) is 0.943. The van der Waals surface area contributed by atoms with Crippen molar-refractivity contribution in [1.29, 1.82) is 0 Å². The van der Waals surface area contributed by atoms with E-state index >= 15 is 0 Å². The van der Waals surface area contributed by atoms with Crippen LogP contribution in [-0.4, -0.2) is 11.6 Å². The first kappa shape index (κ1) is 14.1. The maximum Gasteiger partial charge on any atom is 0.310 e. The van der Waals surface area contributed by atoms with Gasteiger partial charge in [0.05, 0.1) is 5.92 Å². The predicted octanol–water partition coefficient (Wildman–Crippen LogP) is 4.16. The number of rotatable bonds is 3. The van der Waals surface area contributed by atoms with Gasteiger partial charge >= 0.3 is 5.97 Å². The maximum absolute atomic E-state index is 12.3. The molecule has 1 aliphatic carbocycles. The van der Waals surface area contributed by atoms with Crippen molar-refractivity contribution in [2.24, 2.45) is 11.8 Å². The first-order valence-corrected chi connectivity index (χ1v) is 7.20. The molecule has 3 atom stereocenters. The van der Waals surface area contributed by atoms with Gasteiger partial charge in [0.15, 0.2) is 0 Å². The highest BCUT2D eigenvalue weighted by Gasteiger charge is 2.46. The minimum absolute atomic E-state index is 0.0339. The molecular weight excluding hydrogens is 236 g/mol. The summed E-state index contributed by atoms with van der Waals surface area (Å²) in [4.78, 5) is 12.3. The summed E-state index contributed by atoms with van der Waals surface area (Å²) in [6.07, 6.45) is 2.09. The van der Waals surface area contributed by atoms with Gasteiger partial charge in [-0.1, -0.05) is 43.7 Å². The Morgan fingerprint density at radius 1 is 1.26 bits per heavy atom. The van der Waals surface area contributed by atoms with E-state index in [1.54, 1.807) is 0 Å². The molecule has 0 radical (unpaired) electrons. The van der Waals surface area contributed by atoms with Gasteiger partial charge in [-0.05, 0) is 38.7 Å². The Balaban J connectivity index is 2.12. The van der Waals surface area contributed by atoms with Gasteiger partial charge in [-0.2, -0.15) is 0 Å². The third-order valence-corrected chi connectivity index (χ3v) is 3.92. The van der Waals surface area contributed by atoms with Crippen LogP contribution in [0.25, 0.3) is 0 Å². The summed E-state index contributed by atoms with van der Waals surface area (Å²) >= 11 is 0. The van der Waals surface area contributed by atoms with Crippen molar-refractivity contribution in [3.8, 4) is 0 Å². The topological polar surface area (TPSA) is 26.3 Å². The Labute approximate surface area is 116 Å². The quantitative estimate of drug-likeness (QED) is 0.763. The van der Waals surface area contributed by atoms with Crippen LogP contribution in [0.3, 0.4) is 0 Å². The van der Waals surface area contributed by atoms with Crippen LogP contribution >= 0.6 is 0 Å². The van der Waals surface area contributed by atoms with E-state index in [-0.39, 0.29) is 11.9 Å². The van der Waals surface area contributed by atoms with E-state index in [4.69, 9.17) is 4.74 Å². The van der Waals surface area contributed by atoms with Gasteiger partial charge in [-0.25, -0.2) is 0 Å². The van der Waals surface area contributed by atoms with Gasteiger partial charge < -0.3 is 4.74 Å². The van der Waals surface area contributed by atoms with Gasteiger partial charge in [0.2, 0.25) is 0 Å². The molecule has 1 aromatic rings. The zero-order valence-electron chi connectivity index (χ0n) is 12.3. The summed E-state index contributed by atoms with van der Waals surface area (Å²) in [6.45, 7) is 7.99. The van der Waals surface area contributed by atoms with Gasteiger partial charge in [0.1, 0.15) is 5.60 Å². The van der Waals surface area contributed by atoms with E-state index in [0.29, 0.717) is 11.8 Å². The Kier molecular flexibility index (Phi) is 3.98. The van der Waals surface area contributed by atoms with Crippen molar-refractivity contribution in [3.63, 3.8) is 0 Å². The lowest BCUT2D eigenvalue weighted by atomic mass is 9.61. The molecule has 1 aliphatic rings. The normalized spacial score (nSPS) is 26.6. The first-order valence-electron chi connectivity index (χ1n) is 7.20. The van der Waals surface area contributed by atoms with E-state index in [2.05, 4.69) is 19.1 Å². The number of benzene rings is 1. The van der Waals surface area contributed by atoms with Crippen molar-refractivity contribution in [2.45, 2.75) is 52.1 Å². The zero-order chi connectivity index (χ0) is 14.0. The lowest BCUT2D eigenvalue weighted by molar-refractivity contribution is -0.166. The lowest BCUT2D eigenvalue weighted by Crippen LogP contribution is -2.42. The monoisotopic (exact) mass is 260 g/mol. The molecule has 0 spiro atoms. The van der Waals surface area contributed by atoms with E-state index in [9.17, 15) is 4.79 Å². The largest absolute Gasteiger partial charge is 0.460 e. The Hall–Kier alpha value is -1.31. The Morgan fingerprint density at radius 3 is 2.42 bits per heavy atom. The highest BCUT2D eigenvalue weighted by atomic mass is 16.6. The SMILES string of the molecule is CC[C@H]1C[C@@H](C(=O)OC(C)(C)C)[C@@H]1c1ccccc1. The molecule has 2 heteroatoms. The zero-order valence-corrected chi connectivity index (χ0v) is 12.3. The van der Waals surface area contributed by atoms with Gasteiger partial charge in [-0.3, -0.25) is 4.79 Å². The maximum atomic E-state index is 12.3.